The maximum atomic E-state index is 11.1. The van der Waals surface area contributed by atoms with Gasteiger partial charge in [0.15, 0.2) is 0 Å². The van der Waals surface area contributed by atoms with E-state index in [4.69, 9.17) is 5.21 Å². The van der Waals surface area contributed by atoms with Crippen molar-refractivity contribution in [2.24, 2.45) is 0 Å². The van der Waals surface area contributed by atoms with Crippen LogP contribution in [0.25, 0.3) is 5.65 Å². The second kappa shape index (κ2) is 6.38. The lowest BCUT2D eigenvalue weighted by Gasteiger charge is -2.06. The molecular formula is C14H20N4O2. The van der Waals surface area contributed by atoms with Gasteiger partial charge in [-0.3, -0.25) is 10.0 Å². The van der Waals surface area contributed by atoms with Crippen molar-refractivity contribution >= 4 is 17.4 Å². The van der Waals surface area contributed by atoms with Gasteiger partial charge in [-0.25, -0.2) is 10.5 Å². The predicted octanol–water partition coefficient (Wildman–Crippen LogP) is 1.90. The van der Waals surface area contributed by atoms with Gasteiger partial charge in [0.1, 0.15) is 11.5 Å². The predicted molar refractivity (Wildman–Crippen MR) is 77.0 cm³/mol. The van der Waals surface area contributed by atoms with Gasteiger partial charge >= 0.3 is 0 Å². The number of hydroxylamine groups is 1. The topological polar surface area (TPSA) is 78.7 Å². The van der Waals surface area contributed by atoms with Gasteiger partial charge < -0.3 is 9.72 Å². The molecule has 0 aromatic carbocycles. The van der Waals surface area contributed by atoms with Gasteiger partial charge in [-0.15, -0.1) is 0 Å². The van der Waals surface area contributed by atoms with Gasteiger partial charge in [0.2, 0.25) is 0 Å². The van der Waals surface area contributed by atoms with Crippen LogP contribution in [0.4, 0.5) is 5.82 Å². The Bertz CT molecular complexity index is 606. The number of pyridine rings is 1. The first-order chi connectivity index (χ1) is 9.65. The molecular weight excluding hydrogens is 256 g/mol. The number of rotatable bonds is 6. The highest BCUT2D eigenvalue weighted by atomic mass is 16.5. The van der Waals surface area contributed by atoms with Crippen LogP contribution >= 0.6 is 0 Å². The number of anilines is 1. The van der Waals surface area contributed by atoms with Gasteiger partial charge in [-0.05, 0) is 31.4 Å². The Kier molecular flexibility index (Phi) is 4.57. The fourth-order valence-electron chi connectivity index (χ4n) is 2.13. The maximum absolute atomic E-state index is 11.1. The quantitative estimate of drug-likeness (QED) is 0.556. The average molecular weight is 276 g/mol. The van der Waals surface area contributed by atoms with E-state index in [0.29, 0.717) is 5.82 Å². The lowest BCUT2D eigenvalue weighted by atomic mass is 10.2. The summed E-state index contributed by atoms with van der Waals surface area (Å²) in [7, 11) is 0. The minimum absolute atomic E-state index is 0.00150. The minimum atomic E-state index is -0.486. The standard InChI is InChI=1S/C14H20N4O2/c1-3-4-5-11-14(15-8-13(19)17-20)16-12-7-6-10(2)9-18(11)12/h6-7,9,15,20H,3-5,8H2,1-2H3,(H,17,19). The number of amides is 1. The third-order valence-electron chi connectivity index (χ3n) is 3.17. The Morgan fingerprint density at radius 3 is 2.95 bits per heavy atom. The van der Waals surface area contributed by atoms with Crippen LogP contribution in [0, 0.1) is 6.92 Å². The van der Waals surface area contributed by atoms with Crippen LogP contribution in [0.15, 0.2) is 18.3 Å². The van der Waals surface area contributed by atoms with E-state index in [1.807, 2.05) is 25.3 Å². The average Bonchev–Trinajstić information content (AvgIpc) is 2.79. The number of nitrogens with one attached hydrogen (secondary N) is 2. The minimum Gasteiger partial charge on any atom is -0.359 e. The number of aryl methyl sites for hydroxylation is 2. The summed E-state index contributed by atoms with van der Waals surface area (Å²) in [5.74, 6) is 0.215. The Morgan fingerprint density at radius 2 is 2.25 bits per heavy atom. The number of carbonyl (C=O) groups excluding carboxylic acids is 1. The summed E-state index contributed by atoms with van der Waals surface area (Å²) >= 11 is 0. The molecule has 2 heterocycles. The van der Waals surface area contributed by atoms with E-state index in [-0.39, 0.29) is 6.54 Å². The van der Waals surface area contributed by atoms with Crippen LogP contribution in [0.1, 0.15) is 31.0 Å². The molecule has 3 N–H and O–H groups in total. The van der Waals surface area contributed by atoms with Crippen molar-refractivity contribution in [3.8, 4) is 0 Å². The van der Waals surface area contributed by atoms with Gasteiger partial charge in [0.25, 0.3) is 5.91 Å². The summed E-state index contributed by atoms with van der Waals surface area (Å²) in [6, 6.07) is 3.97. The van der Waals surface area contributed by atoms with Crippen molar-refractivity contribution in [1.82, 2.24) is 14.9 Å². The highest BCUT2D eigenvalue weighted by Crippen LogP contribution is 2.20. The lowest BCUT2D eigenvalue weighted by molar-refractivity contribution is -0.127. The molecule has 6 nitrogen and oxygen atoms in total. The molecule has 0 radical (unpaired) electrons. The molecule has 108 valence electrons. The molecule has 0 fully saturated rings. The number of unbranched alkanes of at least 4 members (excludes halogenated alkanes) is 1. The van der Waals surface area contributed by atoms with E-state index < -0.39 is 5.91 Å². The lowest BCUT2D eigenvalue weighted by Crippen LogP contribution is -2.27. The van der Waals surface area contributed by atoms with Gasteiger partial charge in [0, 0.05) is 6.20 Å². The van der Waals surface area contributed by atoms with Crippen LogP contribution in [-0.4, -0.2) is 27.0 Å². The molecule has 0 saturated heterocycles. The van der Waals surface area contributed by atoms with Crippen LogP contribution in [0.3, 0.4) is 0 Å². The third-order valence-corrected chi connectivity index (χ3v) is 3.17. The zero-order valence-corrected chi connectivity index (χ0v) is 11.8. The Labute approximate surface area is 117 Å². The first-order valence-corrected chi connectivity index (χ1v) is 6.80. The Balaban J connectivity index is 2.33. The molecule has 2 aromatic rings. The molecule has 0 saturated carbocycles. The van der Waals surface area contributed by atoms with Gasteiger partial charge in [-0.1, -0.05) is 19.4 Å². The molecule has 2 rings (SSSR count). The molecule has 6 heteroatoms. The van der Waals surface area contributed by atoms with Crippen molar-refractivity contribution in [3.63, 3.8) is 0 Å². The van der Waals surface area contributed by atoms with Gasteiger partial charge in [-0.2, -0.15) is 0 Å². The monoisotopic (exact) mass is 276 g/mol. The van der Waals surface area contributed by atoms with Crippen LogP contribution in [0.2, 0.25) is 0 Å². The number of hydrogen-bond donors (Lipinski definition) is 3. The van der Waals surface area contributed by atoms with Gasteiger partial charge in [0.05, 0.1) is 12.2 Å². The van der Waals surface area contributed by atoms with Crippen molar-refractivity contribution in [2.45, 2.75) is 33.1 Å². The Hall–Kier alpha value is -2.08. The molecule has 0 aliphatic rings. The summed E-state index contributed by atoms with van der Waals surface area (Å²) < 4.78 is 2.06. The summed E-state index contributed by atoms with van der Waals surface area (Å²) in [4.78, 5) is 15.6. The van der Waals surface area contributed by atoms with Crippen molar-refractivity contribution in [1.29, 1.82) is 0 Å². The molecule has 20 heavy (non-hydrogen) atoms. The first kappa shape index (κ1) is 14.3. The first-order valence-electron chi connectivity index (χ1n) is 6.80. The molecule has 2 aromatic heterocycles. The van der Waals surface area contributed by atoms with E-state index in [0.717, 1.165) is 36.2 Å². The summed E-state index contributed by atoms with van der Waals surface area (Å²) in [5.41, 5.74) is 4.69. The fourth-order valence-corrected chi connectivity index (χ4v) is 2.13. The largest absolute Gasteiger partial charge is 0.359 e. The molecule has 0 aliphatic heterocycles. The second-order valence-corrected chi connectivity index (χ2v) is 4.83. The van der Waals surface area contributed by atoms with Crippen molar-refractivity contribution < 1.29 is 10.0 Å². The van der Waals surface area contributed by atoms with Crippen LogP contribution in [0.5, 0.6) is 0 Å². The number of hydrogen-bond acceptors (Lipinski definition) is 4. The maximum Gasteiger partial charge on any atom is 0.262 e. The SMILES string of the molecule is CCCCc1c(NCC(=O)NO)nc2ccc(C)cn12. The summed E-state index contributed by atoms with van der Waals surface area (Å²) in [5, 5.41) is 11.5. The molecule has 0 spiro atoms. The second-order valence-electron chi connectivity index (χ2n) is 4.83. The molecule has 0 bridgehead atoms. The van der Waals surface area contributed by atoms with E-state index in [9.17, 15) is 4.79 Å². The summed E-state index contributed by atoms with van der Waals surface area (Å²) in [6.07, 6.45) is 5.09. The number of imidazole rings is 1. The number of nitrogens with zero attached hydrogens (tertiary/aromatic N) is 2. The zero-order valence-electron chi connectivity index (χ0n) is 11.8. The smallest absolute Gasteiger partial charge is 0.262 e. The van der Waals surface area contributed by atoms with E-state index in [1.54, 1.807) is 5.48 Å². The van der Waals surface area contributed by atoms with E-state index in [1.165, 1.54) is 0 Å². The Morgan fingerprint density at radius 1 is 1.45 bits per heavy atom. The van der Waals surface area contributed by atoms with Crippen LogP contribution in [-0.2, 0) is 11.2 Å². The number of fused-ring (bicyclic) bond motifs is 1. The fraction of sp³-hybridized carbons (Fsp3) is 0.429. The van der Waals surface area contributed by atoms with Crippen molar-refractivity contribution in [2.75, 3.05) is 11.9 Å². The highest BCUT2D eigenvalue weighted by molar-refractivity contribution is 5.79. The number of aromatic nitrogens is 2. The molecule has 0 atom stereocenters. The highest BCUT2D eigenvalue weighted by Gasteiger charge is 2.12. The molecule has 0 unspecified atom stereocenters. The molecule has 0 aliphatic carbocycles. The number of carbonyl (C=O) groups is 1. The normalized spacial score (nSPS) is 10.8. The molecule has 1 amide bonds. The third kappa shape index (κ3) is 3.08. The van der Waals surface area contributed by atoms with E-state index >= 15 is 0 Å². The summed E-state index contributed by atoms with van der Waals surface area (Å²) in [6.45, 7) is 4.18. The zero-order chi connectivity index (χ0) is 14.5. The van der Waals surface area contributed by atoms with E-state index in [2.05, 4.69) is 21.6 Å². The van der Waals surface area contributed by atoms with Crippen molar-refractivity contribution in [3.05, 3.63) is 29.6 Å². The van der Waals surface area contributed by atoms with Crippen LogP contribution < -0.4 is 10.8 Å².